The van der Waals surface area contributed by atoms with Crippen LogP contribution in [0.1, 0.15) is 37.1 Å². The van der Waals surface area contributed by atoms with Crippen LogP contribution in [0.3, 0.4) is 0 Å². The Bertz CT molecular complexity index is 1120. The minimum absolute atomic E-state index is 0.0224. The number of rotatable bonds is 5. The molecule has 9 nitrogen and oxygen atoms in total. The van der Waals surface area contributed by atoms with Crippen LogP contribution in [0.2, 0.25) is 0 Å². The molecule has 1 aliphatic heterocycles. The monoisotopic (exact) mass is 524 g/mol. The fraction of sp³-hybridized carbons (Fsp3) is 0.450. The van der Waals surface area contributed by atoms with E-state index in [1.54, 1.807) is 0 Å². The minimum Gasteiger partial charge on any atom is -0.339 e. The van der Waals surface area contributed by atoms with Gasteiger partial charge >= 0.3 is 24.2 Å². The molecule has 2 heterocycles. The van der Waals surface area contributed by atoms with Gasteiger partial charge in [0, 0.05) is 24.5 Å². The second-order valence-corrected chi connectivity index (χ2v) is 8.06. The first-order chi connectivity index (χ1) is 16.7. The highest BCUT2D eigenvalue weighted by atomic mass is 19.4. The van der Waals surface area contributed by atoms with Crippen molar-refractivity contribution in [1.29, 1.82) is 0 Å². The number of aromatic nitrogens is 3. The molecule has 3 amide bonds. The van der Waals surface area contributed by atoms with Crippen LogP contribution in [-0.4, -0.2) is 56.8 Å². The number of carbonyl (C=O) groups is 3. The molecule has 3 atom stereocenters. The van der Waals surface area contributed by atoms with E-state index in [2.05, 4.69) is 20.7 Å². The zero-order chi connectivity index (χ0) is 26.8. The fourth-order valence-corrected chi connectivity index (χ4v) is 3.82. The Balaban J connectivity index is 1.66. The average Bonchev–Trinajstić information content (AvgIpc) is 3.42. The van der Waals surface area contributed by atoms with Gasteiger partial charge in [-0.15, -0.1) is 5.10 Å². The molecule has 1 fully saturated rings. The van der Waals surface area contributed by atoms with Gasteiger partial charge in [-0.3, -0.25) is 19.5 Å². The number of benzene rings is 1. The molecule has 1 aromatic carbocycles. The van der Waals surface area contributed by atoms with E-state index >= 15 is 0 Å². The Morgan fingerprint density at radius 3 is 2.47 bits per heavy atom. The van der Waals surface area contributed by atoms with Gasteiger partial charge in [0.2, 0.25) is 5.91 Å². The van der Waals surface area contributed by atoms with Crippen molar-refractivity contribution in [2.45, 2.75) is 44.2 Å². The quantitative estimate of drug-likeness (QED) is 0.411. The van der Waals surface area contributed by atoms with Crippen molar-refractivity contribution in [2.24, 2.45) is 5.92 Å². The predicted molar refractivity (Wildman–Crippen MR) is 107 cm³/mol. The van der Waals surface area contributed by atoms with E-state index in [1.807, 2.05) is 5.32 Å². The van der Waals surface area contributed by atoms with Gasteiger partial charge in [-0.05, 0) is 31.5 Å². The molecule has 3 N–H and O–H groups in total. The maximum Gasteiger partial charge on any atom is 0.419 e. The molecular formula is C20H19F7N6O3. The smallest absolute Gasteiger partial charge is 0.339 e. The predicted octanol–water partition coefficient (Wildman–Crippen LogP) is 2.95. The molecule has 0 unspecified atom stereocenters. The molecule has 1 aromatic heterocycles. The van der Waals surface area contributed by atoms with Gasteiger partial charge < -0.3 is 15.5 Å². The van der Waals surface area contributed by atoms with Gasteiger partial charge in [0.25, 0.3) is 0 Å². The first kappa shape index (κ1) is 26.9. The molecule has 196 valence electrons. The van der Waals surface area contributed by atoms with Gasteiger partial charge in [-0.2, -0.15) is 26.3 Å². The van der Waals surface area contributed by atoms with E-state index in [-0.39, 0.29) is 24.3 Å². The molecule has 3 rings (SSSR count). The molecule has 36 heavy (non-hydrogen) atoms. The van der Waals surface area contributed by atoms with Crippen LogP contribution in [0.25, 0.3) is 0 Å². The van der Waals surface area contributed by atoms with E-state index in [0.29, 0.717) is 12.1 Å². The summed E-state index contributed by atoms with van der Waals surface area (Å²) in [6, 6.07) is -0.711. The van der Waals surface area contributed by atoms with Gasteiger partial charge in [-0.25, -0.2) is 4.39 Å². The summed E-state index contributed by atoms with van der Waals surface area (Å²) < 4.78 is 90.9. The zero-order valence-electron chi connectivity index (χ0n) is 18.4. The van der Waals surface area contributed by atoms with Crippen molar-refractivity contribution in [3.63, 3.8) is 0 Å². The Kier molecular flexibility index (Phi) is 7.54. The number of H-pyrrole nitrogens is 1. The molecule has 0 aliphatic carbocycles. The normalized spacial score (nSPS) is 19.2. The lowest BCUT2D eigenvalue weighted by molar-refractivity contribution is -0.151. The minimum atomic E-state index is -4.99. The highest BCUT2D eigenvalue weighted by Gasteiger charge is 2.42. The summed E-state index contributed by atoms with van der Waals surface area (Å²) >= 11 is 0. The average molecular weight is 524 g/mol. The number of anilines is 1. The number of nitrogens with zero attached hydrogens (tertiary/aromatic N) is 3. The van der Waals surface area contributed by atoms with Crippen molar-refractivity contribution in [3.05, 3.63) is 41.5 Å². The number of carbonyl (C=O) groups excluding carboxylic acids is 3. The van der Waals surface area contributed by atoms with Crippen LogP contribution in [0.15, 0.2) is 24.4 Å². The summed E-state index contributed by atoms with van der Waals surface area (Å²) in [5.41, 5.74) is -2.16. The fourth-order valence-electron chi connectivity index (χ4n) is 3.82. The molecule has 16 heteroatoms. The standard InChI is InChI=1S/C20H19F7N6O3/c1-9-11(16(34)29-10-2-3-13(21)12(6-10)20(25,26)27)4-5-33(9)18(36)17(35)30-14(7-19(22,23)24)15-8-28-32-31-15/h2-3,6,8-9,11,14H,4-5,7H2,1H3,(H,29,34)(H,30,35)(H,28,31,32)/t9-,11-,14+/m0/s1. The number of alkyl halides is 6. The molecule has 1 aliphatic rings. The molecule has 2 aromatic rings. The summed E-state index contributed by atoms with van der Waals surface area (Å²) in [6.07, 6.45) is -10.2. The van der Waals surface area contributed by atoms with E-state index in [1.165, 1.54) is 6.92 Å². The van der Waals surface area contributed by atoms with Crippen molar-refractivity contribution >= 4 is 23.4 Å². The summed E-state index contributed by atoms with van der Waals surface area (Å²) in [7, 11) is 0. The number of nitrogens with one attached hydrogen (secondary N) is 3. The third kappa shape index (κ3) is 6.28. The van der Waals surface area contributed by atoms with Crippen LogP contribution in [0.5, 0.6) is 0 Å². The third-order valence-electron chi connectivity index (χ3n) is 5.62. The van der Waals surface area contributed by atoms with E-state index < -0.39 is 65.9 Å². The van der Waals surface area contributed by atoms with Crippen molar-refractivity contribution < 1.29 is 45.1 Å². The molecule has 0 saturated carbocycles. The van der Waals surface area contributed by atoms with Crippen LogP contribution >= 0.6 is 0 Å². The van der Waals surface area contributed by atoms with E-state index in [9.17, 15) is 45.1 Å². The van der Waals surface area contributed by atoms with E-state index in [4.69, 9.17) is 0 Å². The maximum absolute atomic E-state index is 13.5. The zero-order valence-corrected chi connectivity index (χ0v) is 18.4. The summed E-state index contributed by atoms with van der Waals surface area (Å²) in [5.74, 6) is -5.83. The van der Waals surface area contributed by atoms with Crippen molar-refractivity contribution in [1.82, 2.24) is 25.6 Å². The number of likely N-dealkylation sites (tertiary alicyclic amines) is 1. The first-order valence-corrected chi connectivity index (χ1v) is 10.4. The largest absolute Gasteiger partial charge is 0.419 e. The number of halogens is 7. The lowest BCUT2D eigenvalue weighted by Crippen LogP contribution is -2.47. The molecule has 1 saturated heterocycles. The Morgan fingerprint density at radius 2 is 1.89 bits per heavy atom. The van der Waals surface area contributed by atoms with Crippen LogP contribution in [-0.2, 0) is 20.6 Å². The van der Waals surface area contributed by atoms with Crippen LogP contribution in [0, 0.1) is 11.7 Å². The molecule has 0 bridgehead atoms. The topological polar surface area (TPSA) is 120 Å². The maximum atomic E-state index is 13.5. The number of hydrogen-bond acceptors (Lipinski definition) is 5. The van der Waals surface area contributed by atoms with E-state index in [0.717, 1.165) is 17.2 Å². The Labute approximate surface area is 198 Å². The van der Waals surface area contributed by atoms with Crippen LogP contribution < -0.4 is 10.6 Å². The number of hydrogen-bond donors (Lipinski definition) is 3. The molecular weight excluding hydrogens is 505 g/mol. The molecule has 0 spiro atoms. The van der Waals surface area contributed by atoms with Crippen molar-refractivity contribution in [3.8, 4) is 0 Å². The van der Waals surface area contributed by atoms with Gasteiger partial charge in [-0.1, -0.05) is 5.21 Å². The number of amides is 3. The third-order valence-corrected chi connectivity index (χ3v) is 5.62. The second-order valence-electron chi connectivity index (χ2n) is 8.06. The van der Waals surface area contributed by atoms with Gasteiger partial charge in [0.05, 0.1) is 23.9 Å². The van der Waals surface area contributed by atoms with Crippen LogP contribution in [0.4, 0.5) is 36.4 Å². The summed E-state index contributed by atoms with van der Waals surface area (Å²) in [4.78, 5) is 38.7. The second kappa shape index (κ2) is 10.1. The molecule has 0 radical (unpaired) electrons. The lowest BCUT2D eigenvalue weighted by atomic mass is 10.0. The SMILES string of the molecule is C[C@H]1[C@@H](C(=O)Nc2ccc(F)c(C(F)(F)F)c2)CCN1C(=O)C(=O)N[C@H](CC(F)(F)F)c1c[nH]nn1. The summed E-state index contributed by atoms with van der Waals surface area (Å²) in [6.45, 7) is 1.29. The highest BCUT2D eigenvalue weighted by molar-refractivity contribution is 6.35. The van der Waals surface area contributed by atoms with Crippen molar-refractivity contribution in [2.75, 3.05) is 11.9 Å². The van der Waals surface area contributed by atoms with Gasteiger partial charge in [0.1, 0.15) is 11.5 Å². The lowest BCUT2D eigenvalue weighted by Gasteiger charge is -2.25. The Morgan fingerprint density at radius 1 is 1.19 bits per heavy atom. The number of aromatic amines is 1. The first-order valence-electron chi connectivity index (χ1n) is 10.4. The summed E-state index contributed by atoms with van der Waals surface area (Å²) in [5, 5.41) is 13.1. The van der Waals surface area contributed by atoms with Gasteiger partial charge in [0.15, 0.2) is 0 Å². The highest BCUT2D eigenvalue weighted by Crippen LogP contribution is 2.34. The Hall–Kier alpha value is -3.72.